The lowest BCUT2D eigenvalue weighted by atomic mass is 9.95. The van der Waals surface area contributed by atoms with Crippen LogP contribution in [0.2, 0.25) is 0 Å². The Bertz CT molecular complexity index is 1620. The summed E-state index contributed by atoms with van der Waals surface area (Å²) in [6, 6.07) is 19.3. The second-order valence-electron chi connectivity index (χ2n) is 12.7. The number of hydrogen-bond donors (Lipinski definition) is 3. The third-order valence-corrected chi connectivity index (χ3v) is 8.18. The van der Waals surface area contributed by atoms with Crippen molar-refractivity contribution in [2.24, 2.45) is 5.41 Å². The Labute approximate surface area is 264 Å². The summed E-state index contributed by atoms with van der Waals surface area (Å²) in [5, 5.41) is 9.18. The second-order valence-corrected chi connectivity index (χ2v) is 12.7. The summed E-state index contributed by atoms with van der Waals surface area (Å²) in [7, 11) is 3.86. The van der Waals surface area contributed by atoms with E-state index in [1.165, 1.54) is 12.1 Å². The van der Waals surface area contributed by atoms with E-state index < -0.39 is 11.2 Å². The van der Waals surface area contributed by atoms with Crippen molar-refractivity contribution in [3.63, 3.8) is 0 Å². The molecular weight excluding hydrogens is 571 g/mol. The average molecular weight is 613 g/mol. The maximum absolute atomic E-state index is 14.0. The number of nitrogens with zero attached hydrogens (tertiary/aromatic N) is 3. The Hall–Kier alpha value is -4.54. The van der Waals surface area contributed by atoms with Crippen LogP contribution in [0.25, 0.3) is 11.3 Å². The van der Waals surface area contributed by atoms with Gasteiger partial charge in [-0.1, -0.05) is 39.0 Å². The van der Waals surface area contributed by atoms with Gasteiger partial charge in [0.05, 0.1) is 23.5 Å². The molecule has 45 heavy (non-hydrogen) atoms. The molecule has 236 valence electrons. The highest BCUT2D eigenvalue weighted by Gasteiger charge is 2.29. The van der Waals surface area contributed by atoms with Crippen molar-refractivity contribution in [2.75, 3.05) is 62.4 Å². The predicted molar refractivity (Wildman–Crippen MR) is 177 cm³/mol. The number of piperazine rings is 1. The molecule has 1 fully saturated rings. The third-order valence-electron chi connectivity index (χ3n) is 8.18. The van der Waals surface area contributed by atoms with Crippen LogP contribution in [-0.2, 0) is 20.9 Å². The number of nitrogens with one attached hydrogen (secondary N) is 3. The van der Waals surface area contributed by atoms with Gasteiger partial charge in [0.1, 0.15) is 5.82 Å². The van der Waals surface area contributed by atoms with Gasteiger partial charge in [-0.25, -0.2) is 4.39 Å². The van der Waals surface area contributed by atoms with Crippen LogP contribution in [0.5, 0.6) is 0 Å². The zero-order valence-corrected chi connectivity index (χ0v) is 26.5. The molecule has 2 aliphatic rings. The maximum atomic E-state index is 14.0. The maximum Gasteiger partial charge on any atom is 0.258 e. The van der Waals surface area contributed by atoms with Gasteiger partial charge in [0.2, 0.25) is 11.8 Å². The van der Waals surface area contributed by atoms with Crippen LogP contribution < -0.4 is 20.9 Å². The molecule has 0 radical (unpaired) electrons. The van der Waals surface area contributed by atoms with Crippen molar-refractivity contribution in [1.29, 1.82) is 0 Å². The van der Waals surface area contributed by atoms with Crippen molar-refractivity contribution >= 4 is 46.1 Å². The van der Waals surface area contributed by atoms with E-state index in [4.69, 9.17) is 0 Å². The Kier molecular flexibility index (Phi) is 9.36. The van der Waals surface area contributed by atoms with Crippen LogP contribution in [0.4, 0.5) is 21.5 Å². The summed E-state index contributed by atoms with van der Waals surface area (Å²) >= 11 is 0. The quantitative estimate of drug-likeness (QED) is 0.321. The molecule has 3 aromatic carbocycles. The van der Waals surface area contributed by atoms with Crippen LogP contribution in [0.1, 0.15) is 37.5 Å². The third kappa shape index (κ3) is 7.58. The van der Waals surface area contributed by atoms with Gasteiger partial charge in [-0.3, -0.25) is 19.3 Å². The van der Waals surface area contributed by atoms with Gasteiger partial charge in [-0.15, -0.1) is 0 Å². The number of hydrogen-bond acceptors (Lipinski definition) is 6. The van der Waals surface area contributed by atoms with Crippen LogP contribution in [0.15, 0.2) is 66.7 Å². The smallest absolute Gasteiger partial charge is 0.258 e. The summed E-state index contributed by atoms with van der Waals surface area (Å²) in [6.07, 6.45) is 0. The Morgan fingerprint density at radius 3 is 2.38 bits per heavy atom. The van der Waals surface area contributed by atoms with E-state index in [0.717, 1.165) is 43.0 Å². The zero-order chi connectivity index (χ0) is 32.3. The minimum atomic E-state index is -0.525. The Balaban J connectivity index is 1.42. The standard InChI is InChI=1S/C35H41FN6O3/c1-35(2,3)34(45)37-21-23-7-6-8-24(19-23)32(31-28-14-9-25(36)20-29(28)39-33(31)44)38-26-10-12-27(13-11-26)41(5)30(43)22-42-17-15-40(4)16-18-42/h6-14,19-20,38H,15-18,21-22H2,1-5H3,(H,37,45)(H,39,44). The Morgan fingerprint density at radius 2 is 1.69 bits per heavy atom. The van der Waals surface area contributed by atoms with Crippen molar-refractivity contribution in [3.8, 4) is 0 Å². The van der Waals surface area contributed by atoms with Crippen molar-refractivity contribution in [3.05, 3.63) is 89.2 Å². The fourth-order valence-electron chi connectivity index (χ4n) is 5.32. The number of halogens is 1. The number of carbonyl (C=O) groups excluding carboxylic acids is 3. The van der Waals surface area contributed by atoms with Crippen molar-refractivity contribution < 1.29 is 18.8 Å². The second kappa shape index (κ2) is 13.2. The van der Waals surface area contributed by atoms with Crippen molar-refractivity contribution in [2.45, 2.75) is 27.3 Å². The highest BCUT2D eigenvalue weighted by Crippen LogP contribution is 2.38. The summed E-state index contributed by atoms with van der Waals surface area (Å²) in [4.78, 5) is 44.9. The fourth-order valence-corrected chi connectivity index (χ4v) is 5.32. The van der Waals surface area contributed by atoms with Gasteiger partial charge in [-0.2, -0.15) is 0 Å². The number of anilines is 3. The van der Waals surface area contributed by atoms with E-state index in [0.29, 0.717) is 41.3 Å². The average Bonchev–Trinajstić information content (AvgIpc) is 3.33. The zero-order valence-electron chi connectivity index (χ0n) is 26.5. The number of likely N-dealkylation sites (N-methyl/N-ethyl adjacent to an activating group) is 2. The molecule has 3 amide bonds. The number of carbonyl (C=O) groups is 3. The lowest BCUT2D eigenvalue weighted by molar-refractivity contribution is -0.128. The minimum absolute atomic E-state index is 0.0184. The SMILES string of the molecule is CN1CCN(CC(=O)N(C)c2ccc(NC(=C3C(=O)Nc4cc(F)ccc43)c3cccc(CNC(=O)C(C)(C)C)c3)cc2)CC1. The minimum Gasteiger partial charge on any atom is -0.354 e. The van der Waals surface area contributed by atoms with E-state index in [2.05, 4.69) is 32.8 Å². The molecule has 9 nitrogen and oxygen atoms in total. The molecule has 0 bridgehead atoms. The molecule has 3 N–H and O–H groups in total. The molecular formula is C35H41FN6O3. The van der Waals surface area contributed by atoms with Crippen molar-refractivity contribution in [1.82, 2.24) is 15.1 Å². The molecule has 2 heterocycles. The van der Waals surface area contributed by atoms with E-state index in [1.54, 1.807) is 18.0 Å². The molecule has 0 unspecified atom stereocenters. The van der Waals surface area contributed by atoms with E-state index >= 15 is 0 Å². The van der Waals surface area contributed by atoms with E-state index in [-0.39, 0.29) is 17.7 Å². The normalized spacial score (nSPS) is 16.5. The van der Waals surface area contributed by atoms with Crippen LogP contribution >= 0.6 is 0 Å². The molecule has 2 aliphatic heterocycles. The predicted octanol–water partition coefficient (Wildman–Crippen LogP) is 4.63. The lowest BCUT2D eigenvalue weighted by Gasteiger charge is -2.32. The van der Waals surface area contributed by atoms with Gasteiger partial charge in [0.15, 0.2) is 0 Å². The van der Waals surface area contributed by atoms with Gasteiger partial charge in [-0.05, 0) is 66.7 Å². The highest BCUT2D eigenvalue weighted by molar-refractivity contribution is 6.37. The van der Waals surface area contributed by atoms with Gasteiger partial charge >= 0.3 is 0 Å². The molecule has 5 rings (SSSR count). The number of benzene rings is 3. The first-order valence-electron chi connectivity index (χ1n) is 15.2. The molecule has 0 aliphatic carbocycles. The first kappa shape index (κ1) is 31.9. The summed E-state index contributed by atoms with van der Waals surface area (Å²) in [5.41, 5.74) is 4.42. The van der Waals surface area contributed by atoms with Crippen LogP contribution in [0, 0.1) is 11.2 Å². The first-order valence-corrected chi connectivity index (χ1v) is 15.2. The molecule has 0 atom stereocenters. The number of amides is 3. The fraction of sp³-hybridized carbons (Fsp3) is 0.343. The number of fused-ring (bicyclic) bond motifs is 1. The van der Waals surface area contributed by atoms with E-state index in [1.807, 2.05) is 69.3 Å². The van der Waals surface area contributed by atoms with Gasteiger partial charge < -0.3 is 25.8 Å². The molecule has 0 spiro atoms. The lowest BCUT2D eigenvalue weighted by Crippen LogP contribution is -2.48. The summed E-state index contributed by atoms with van der Waals surface area (Å²) < 4.78 is 14.0. The highest BCUT2D eigenvalue weighted by atomic mass is 19.1. The molecule has 10 heteroatoms. The summed E-state index contributed by atoms with van der Waals surface area (Å²) in [6.45, 7) is 9.88. The van der Waals surface area contributed by atoms with Crippen LogP contribution in [0.3, 0.4) is 0 Å². The number of rotatable bonds is 8. The largest absolute Gasteiger partial charge is 0.354 e. The van der Waals surface area contributed by atoms with E-state index in [9.17, 15) is 18.8 Å². The summed E-state index contributed by atoms with van der Waals surface area (Å²) in [5.74, 6) is -0.841. The van der Waals surface area contributed by atoms with Gasteiger partial charge in [0.25, 0.3) is 5.91 Å². The van der Waals surface area contributed by atoms with Gasteiger partial charge in [0, 0.05) is 62.1 Å². The molecule has 1 saturated heterocycles. The monoisotopic (exact) mass is 612 g/mol. The molecule has 3 aromatic rings. The van der Waals surface area contributed by atoms with Crippen LogP contribution in [-0.4, -0.2) is 74.3 Å². The Morgan fingerprint density at radius 1 is 0.978 bits per heavy atom. The molecule has 0 saturated carbocycles. The topological polar surface area (TPSA) is 97.0 Å². The molecule has 0 aromatic heterocycles. The first-order chi connectivity index (χ1) is 21.4.